The largest absolute Gasteiger partial charge is 0.370 e. The van der Waals surface area contributed by atoms with Gasteiger partial charge in [-0.25, -0.2) is 0 Å². The van der Waals surface area contributed by atoms with E-state index in [1.54, 1.807) is 6.92 Å². The van der Waals surface area contributed by atoms with Crippen molar-refractivity contribution < 1.29 is 9.59 Å². The summed E-state index contributed by atoms with van der Waals surface area (Å²) in [6, 6.07) is 0.406. The smallest absolute Gasteiger partial charge is 0.220 e. The highest BCUT2D eigenvalue weighted by atomic mass is 16.2. The SMILES string of the molecule is CC(=O)N1C(C)CN(CCC(N)=O)C[C@H]1C. The number of hydrogen-bond donors (Lipinski definition) is 1. The molecule has 1 heterocycles. The Morgan fingerprint density at radius 3 is 2.12 bits per heavy atom. The molecule has 2 amide bonds. The third-order valence-corrected chi connectivity index (χ3v) is 3.03. The zero-order valence-corrected chi connectivity index (χ0v) is 10.3. The molecule has 0 aliphatic carbocycles. The van der Waals surface area contributed by atoms with Gasteiger partial charge < -0.3 is 10.6 Å². The molecule has 0 saturated carbocycles. The molecule has 5 nitrogen and oxygen atoms in total. The average molecular weight is 227 g/mol. The van der Waals surface area contributed by atoms with Gasteiger partial charge in [0, 0.05) is 45.1 Å². The van der Waals surface area contributed by atoms with Crippen molar-refractivity contribution in [2.24, 2.45) is 5.73 Å². The summed E-state index contributed by atoms with van der Waals surface area (Å²) in [6.45, 7) is 8.00. The van der Waals surface area contributed by atoms with E-state index in [1.807, 2.05) is 18.7 Å². The molecule has 0 aromatic heterocycles. The van der Waals surface area contributed by atoms with Crippen LogP contribution < -0.4 is 5.73 Å². The fourth-order valence-electron chi connectivity index (χ4n) is 2.50. The normalized spacial score (nSPS) is 26.8. The minimum Gasteiger partial charge on any atom is -0.370 e. The molecule has 1 aliphatic rings. The van der Waals surface area contributed by atoms with Crippen molar-refractivity contribution in [3.63, 3.8) is 0 Å². The number of nitrogens with zero attached hydrogens (tertiary/aromatic N) is 2. The Hall–Kier alpha value is -1.10. The summed E-state index contributed by atoms with van der Waals surface area (Å²) < 4.78 is 0. The predicted molar refractivity (Wildman–Crippen MR) is 61.7 cm³/mol. The van der Waals surface area contributed by atoms with Crippen LogP contribution >= 0.6 is 0 Å². The number of rotatable bonds is 3. The molecule has 0 spiro atoms. The molecular formula is C11H21N3O2. The molecule has 0 bridgehead atoms. The molecule has 16 heavy (non-hydrogen) atoms. The Balaban J connectivity index is 2.52. The van der Waals surface area contributed by atoms with Crippen molar-refractivity contribution in [2.75, 3.05) is 19.6 Å². The molecule has 1 saturated heterocycles. The van der Waals surface area contributed by atoms with E-state index in [4.69, 9.17) is 5.73 Å². The zero-order valence-electron chi connectivity index (χ0n) is 10.3. The summed E-state index contributed by atoms with van der Waals surface area (Å²) in [7, 11) is 0. The summed E-state index contributed by atoms with van der Waals surface area (Å²) in [5, 5.41) is 0. The fourth-order valence-corrected chi connectivity index (χ4v) is 2.50. The van der Waals surface area contributed by atoms with E-state index in [1.165, 1.54) is 0 Å². The fraction of sp³-hybridized carbons (Fsp3) is 0.818. The standard InChI is InChI=1S/C11H21N3O2/c1-8-6-13(5-4-11(12)16)7-9(2)14(8)10(3)15/h8-9H,4-7H2,1-3H3,(H2,12,16)/t8-,9?/m1/s1. The van der Waals surface area contributed by atoms with Gasteiger partial charge in [0.1, 0.15) is 0 Å². The zero-order chi connectivity index (χ0) is 12.3. The summed E-state index contributed by atoms with van der Waals surface area (Å²) in [5.41, 5.74) is 5.12. The van der Waals surface area contributed by atoms with Gasteiger partial charge in [-0.05, 0) is 13.8 Å². The molecule has 5 heteroatoms. The Bertz CT molecular complexity index is 268. The molecular weight excluding hydrogens is 206 g/mol. The average Bonchev–Trinajstić information content (AvgIpc) is 2.12. The van der Waals surface area contributed by atoms with Crippen molar-refractivity contribution in [3.8, 4) is 0 Å². The van der Waals surface area contributed by atoms with Gasteiger partial charge >= 0.3 is 0 Å². The highest BCUT2D eigenvalue weighted by molar-refractivity contribution is 5.74. The van der Waals surface area contributed by atoms with Crippen molar-refractivity contribution in [1.82, 2.24) is 9.80 Å². The molecule has 1 aliphatic heterocycles. The minimum atomic E-state index is -0.269. The van der Waals surface area contributed by atoms with E-state index in [2.05, 4.69) is 4.90 Å². The second kappa shape index (κ2) is 5.30. The van der Waals surface area contributed by atoms with E-state index >= 15 is 0 Å². The van der Waals surface area contributed by atoms with Crippen LogP contribution in [0.5, 0.6) is 0 Å². The predicted octanol–water partition coefficient (Wildman–Crippen LogP) is -0.197. The van der Waals surface area contributed by atoms with E-state index in [0.29, 0.717) is 13.0 Å². The lowest BCUT2D eigenvalue weighted by molar-refractivity contribution is -0.137. The molecule has 2 N–H and O–H groups in total. The number of primary amides is 1. The first-order valence-corrected chi connectivity index (χ1v) is 5.71. The summed E-state index contributed by atoms with van der Waals surface area (Å²) in [6.07, 6.45) is 0.388. The van der Waals surface area contributed by atoms with E-state index < -0.39 is 0 Å². The van der Waals surface area contributed by atoms with E-state index in [-0.39, 0.29) is 23.9 Å². The van der Waals surface area contributed by atoms with Crippen LogP contribution in [0, 0.1) is 0 Å². The van der Waals surface area contributed by atoms with Crippen LogP contribution in [0.15, 0.2) is 0 Å². The van der Waals surface area contributed by atoms with Gasteiger partial charge in [0.2, 0.25) is 11.8 Å². The minimum absolute atomic E-state index is 0.120. The Morgan fingerprint density at radius 1 is 1.25 bits per heavy atom. The van der Waals surface area contributed by atoms with Crippen LogP contribution in [0.25, 0.3) is 0 Å². The van der Waals surface area contributed by atoms with Gasteiger partial charge in [-0.3, -0.25) is 14.5 Å². The van der Waals surface area contributed by atoms with E-state index in [9.17, 15) is 9.59 Å². The van der Waals surface area contributed by atoms with Gasteiger partial charge in [-0.15, -0.1) is 0 Å². The number of amides is 2. The molecule has 2 atom stereocenters. The highest BCUT2D eigenvalue weighted by Crippen LogP contribution is 2.15. The van der Waals surface area contributed by atoms with Crippen LogP contribution in [0.3, 0.4) is 0 Å². The number of nitrogens with two attached hydrogens (primary N) is 1. The van der Waals surface area contributed by atoms with Crippen molar-refractivity contribution in [1.29, 1.82) is 0 Å². The Morgan fingerprint density at radius 2 is 1.75 bits per heavy atom. The summed E-state index contributed by atoms with van der Waals surface area (Å²) in [4.78, 5) is 26.2. The molecule has 0 radical (unpaired) electrons. The first kappa shape index (κ1) is 13.0. The highest BCUT2D eigenvalue weighted by Gasteiger charge is 2.30. The van der Waals surface area contributed by atoms with Gasteiger partial charge in [0.05, 0.1) is 0 Å². The maximum Gasteiger partial charge on any atom is 0.220 e. The maximum atomic E-state index is 11.4. The number of carbonyl (C=O) groups is 2. The molecule has 92 valence electrons. The molecule has 0 aromatic rings. The molecule has 1 rings (SSSR count). The van der Waals surface area contributed by atoms with E-state index in [0.717, 1.165) is 13.1 Å². The number of hydrogen-bond acceptors (Lipinski definition) is 3. The lowest BCUT2D eigenvalue weighted by atomic mass is 10.1. The topological polar surface area (TPSA) is 66.6 Å². The lowest BCUT2D eigenvalue weighted by Gasteiger charge is -2.44. The summed E-state index contributed by atoms with van der Waals surface area (Å²) >= 11 is 0. The lowest BCUT2D eigenvalue weighted by Crippen LogP contribution is -2.58. The van der Waals surface area contributed by atoms with Gasteiger partial charge in [-0.1, -0.05) is 0 Å². The van der Waals surface area contributed by atoms with Crippen LogP contribution in [0.1, 0.15) is 27.2 Å². The third-order valence-electron chi connectivity index (χ3n) is 3.03. The van der Waals surface area contributed by atoms with Gasteiger partial charge in [-0.2, -0.15) is 0 Å². The third kappa shape index (κ3) is 3.20. The molecule has 1 unspecified atom stereocenters. The second-order valence-electron chi connectivity index (χ2n) is 4.60. The quantitative estimate of drug-likeness (QED) is 0.726. The number of piperazine rings is 1. The first-order chi connectivity index (χ1) is 7.41. The van der Waals surface area contributed by atoms with Crippen LogP contribution in [-0.4, -0.2) is 53.3 Å². The van der Waals surface area contributed by atoms with Crippen molar-refractivity contribution in [3.05, 3.63) is 0 Å². The molecule has 0 aromatic carbocycles. The summed E-state index contributed by atoms with van der Waals surface area (Å²) in [5.74, 6) is -0.149. The van der Waals surface area contributed by atoms with Crippen LogP contribution in [-0.2, 0) is 9.59 Å². The van der Waals surface area contributed by atoms with Crippen LogP contribution in [0.4, 0.5) is 0 Å². The Labute approximate surface area is 96.6 Å². The maximum absolute atomic E-state index is 11.4. The second-order valence-corrected chi connectivity index (χ2v) is 4.60. The van der Waals surface area contributed by atoms with Crippen LogP contribution in [0.2, 0.25) is 0 Å². The molecule has 1 fully saturated rings. The van der Waals surface area contributed by atoms with Crippen molar-refractivity contribution >= 4 is 11.8 Å². The first-order valence-electron chi connectivity index (χ1n) is 5.71. The monoisotopic (exact) mass is 227 g/mol. The van der Waals surface area contributed by atoms with Gasteiger partial charge in [0.15, 0.2) is 0 Å². The number of carbonyl (C=O) groups excluding carboxylic acids is 2. The Kier molecular flexibility index (Phi) is 4.29. The van der Waals surface area contributed by atoms with Crippen molar-refractivity contribution in [2.45, 2.75) is 39.3 Å². The van der Waals surface area contributed by atoms with Gasteiger partial charge in [0.25, 0.3) is 0 Å².